The molecule has 166 valence electrons. The highest BCUT2D eigenvalue weighted by molar-refractivity contribution is 6.05. The molecule has 0 radical (unpaired) electrons. The number of hydrazine groups is 1. The number of amides is 2. The molecule has 1 heterocycles. The van der Waals surface area contributed by atoms with Crippen LogP contribution in [0.15, 0.2) is 53.3 Å². The Balaban J connectivity index is 1.54. The van der Waals surface area contributed by atoms with Gasteiger partial charge < -0.3 is 0 Å². The minimum atomic E-state index is -0.539. The van der Waals surface area contributed by atoms with E-state index in [4.69, 9.17) is 0 Å². The van der Waals surface area contributed by atoms with Crippen LogP contribution in [-0.2, 0) is 17.8 Å². The molecule has 1 aliphatic carbocycles. The Labute approximate surface area is 186 Å². The van der Waals surface area contributed by atoms with Gasteiger partial charge in [0.05, 0.1) is 11.3 Å². The molecule has 2 amide bonds. The number of hydrogen-bond acceptors (Lipinski definition) is 4. The summed E-state index contributed by atoms with van der Waals surface area (Å²) >= 11 is 0. The van der Waals surface area contributed by atoms with Crippen LogP contribution in [0.4, 0.5) is 0 Å². The molecule has 0 aliphatic heterocycles. The largest absolute Gasteiger partial charge is 0.290 e. The number of carbonyl (C=O) groups is 2. The fraction of sp³-hybridized carbons (Fsp3) is 0.360. The van der Waals surface area contributed by atoms with Gasteiger partial charge in [-0.2, -0.15) is 5.10 Å². The van der Waals surface area contributed by atoms with Gasteiger partial charge in [-0.1, -0.05) is 62.2 Å². The van der Waals surface area contributed by atoms with Crippen LogP contribution in [0.2, 0.25) is 0 Å². The Hall–Kier alpha value is -3.48. The van der Waals surface area contributed by atoms with Crippen molar-refractivity contribution in [2.24, 2.45) is 0 Å². The van der Waals surface area contributed by atoms with E-state index in [1.807, 2.05) is 24.3 Å². The number of hydrogen-bond donors (Lipinski definition) is 2. The Bertz CT molecular complexity index is 1200. The maximum Gasteiger partial charge on any atom is 0.290 e. The van der Waals surface area contributed by atoms with Gasteiger partial charge in [-0.3, -0.25) is 25.2 Å². The number of aryl methyl sites for hydroxylation is 2. The summed E-state index contributed by atoms with van der Waals surface area (Å²) in [7, 11) is 0. The van der Waals surface area contributed by atoms with Gasteiger partial charge in [0.15, 0.2) is 5.69 Å². The van der Waals surface area contributed by atoms with Gasteiger partial charge in [0, 0.05) is 11.9 Å². The molecule has 32 heavy (non-hydrogen) atoms. The summed E-state index contributed by atoms with van der Waals surface area (Å²) in [6, 6.07) is 14.9. The SMILES string of the molecule is CCCCCn1nc(C(=O)NNC(=O)[C@@H]2CCCc3ccccc32)c2ccccc2c1=O. The minimum Gasteiger partial charge on any atom is -0.273 e. The number of carbonyl (C=O) groups excluding carboxylic acids is 2. The smallest absolute Gasteiger partial charge is 0.273 e. The van der Waals surface area contributed by atoms with Crippen LogP contribution in [0.3, 0.4) is 0 Å². The van der Waals surface area contributed by atoms with Gasteiger partial charge in [0.2, 0.25) is 5.91 Å². The maximum absolute atomic E-state index is 13.0. The molecule has 7 heteroatoms. The van der Waals surface area contributed by atoms with E-state index in [1.54, 1.807) is 24.3 Å². The van der Waals surface area contributed by atoms with Gasteiger partial charge in [-0.15, -0.1) is 0 Å². The van der Waals surface area contributed by atoms with Gasteiger partial charge in [0.1, 0.15) is 0 Å². The zero-order chi connectivity index (χ0) is 22.5. The van der Waals surface area contributed by atoms with Crippen LogP contribution in [0, 0.1) is 0 Å². The highest BCUT2D eigenvalue weighted by Crippen LogP contribution is 2.31. The van der Waals surface area contributed by atoms with Crippen LogP contribution in [0.5, 0.6) is 0 Å². The molecule has 2 aromatic carbocycles. The third-order valence-electron chi connectivity index (χ3n) is 6.04. The average molecular weight is 433 g/mol. The lowest BCUT2D eigenvalue weighted by atomic mass is 9.82. The summed E-state index contributed by atoms with van der Waals surface area (Å²) in [5.74, 6) is -1.08. The van der Waals surface area contributed by atoms with E-state index in [0.717, 1.165) is 44.1 Å². The van der Waals surface area contributed by atoms with E-state index >= 15 is 0 Å². The predicted octanol–water partition coefficient (Wildman–Crippen LogP) is 3.47. The first-order chi connectivity index (χ1) is 15.6. The molecule has 7 nitrogen and oxygen atoms in total. The first-order valence-electron chi connectivity index (χ1n) is 11.3. The third-order valence-corrected chi connectivity index (χ3v) is 6.04. The normalized spacial score (nSPS) is 15.2. The second kappa shape index (κ2) is 9.77. The van der Waals surface area contributed by atoms with Gasteiger partial charge >= 0.3 is 0 Å². The molecule has 0 unspecified atom stereocenters. The summed E-state index contributed by atoms with van der Waals surface area (Å²) in [5.41, 5.74) is 7.20. The molecule has 0 saturated carbocycles. The van der Waals surface area contributed by atoms with E-state index in [1.165, 1.54) is 10.2 Å². The second-order valence-corrected chi connectivity index (χ2v) is 8.22. The van der Waals surface area contributed by atoms with Crippen molar-refractivity contribution in [1.82, 2.24) is 20.6 Å². The standard InChI is InChI=1S/C25H28N4O3/c1-2-3-8-16-29-25(32)21-14-7-6-13-19(21)22(28-29)24(31)27-26-23(30)20-15-9-11-17-10-4-5-12-18(17)20/h4-7,10,12-14,20H,2-3,8-9,11,15-16H2,1H3,(H,26,30)(H,27,31)/t20-/m1/s1. The number of nitrogens with zero attached hydrogens (tertiary/aromatic N) is 2. The number of aromatic nitrogens is 2. The molecule has 0 saturated heterocycles. The van der Waals surface area contributed by atoms with Crippen LogP contribution >= 0.6 is 0 Å². The summed E-state index contributed by atoms with van der Waals surface area (Å²) in [6.45, 7) is 2.53. The molecule has 1 aromatic heterocycles. The number of unbranched alkanes of at least 4 members (excludes halogenated alkanes) is 2. The molecular formula is C25H28N4O3. The topological polar surface area (TPSA) is 93.1 Å². The van der Waals surface area contributed by atoms with Crippen molar-refractivity contribution in [3.63, 3.8) is 0 Å². The summed E-state index contributed by atoms with van der Waals surface area (Å²) in [5, 5.41) is 5.25. The molecule has 1 atom stereocenters. The lowest BCUT2D eigenvalue weighted by Crippen LogP contribution is -2.45. The first kappa shape index (κ1) is 21.7. The zero-order valence-corrected chi connectivity index (χ0v) is 18.3. The van der Waals surface area contributed by atoms with Crippen LogP contribution in [-0.4, -0.2) is 21.6 Å². The Kier molecular flexibility index (Phi) is 6.63. The summed E-state index contributed by atoms with van der Waals surface area (Å²) in [4.78, 5) is 38.6. The number of benzene rings is 2. The van der Waals surface area contributed by atoms with Gasteiger partial charge in [-0.05, 0) is 42.9 Å². The van der Waals surface area contributed by atoms with Gasteiger partial charge in [-0.25, -0.2) is 4.68 Å². The highest BCUT2D eigenvalue weighted by Gasteiger charge is 2.27. The predicted molar refractivity (Wildman–Crippen MR) is 123 cm³/mol. The van der Waals surface area contributed by atoms with E-state index < -0.39 is 5.91 Å². The number of rotatable bonds is 6. The molecule has 0 fully saturated rings. The number of fused-ring (bicyclic) bond motifs is 2. The van der Waals surface area contributed by atoms with E-state index in [0.29, 0.717) is 17.3 Å². The third kappa shape index (κ3) is 4.42. The van der Waals surface area contributed by atoms with Crippen molar-refractivity contribution in [2.75, 3.05) is 0 Å². The fourth-order valence-corrected chi connectivity index (χ4v) is 4.36. The van der Waals surface area contributed by atoms with E-state index in [9.17, 15) is 14.4 Å². The molecule has 0 spiro atoms. The van der Waals surface area contributed by atoms with Crippen LogP contribution in [0.1, 0.15) is 66.6 Å². The molecule has 3 aromatic rings. The van der Waals surface area contributed by atoms with Crippen molar-refractivity contribution < 1.29 is 9.59 Å². The summed E-state index contributed by atoms with van der Waals surface area (Å²) in [6.07, 6.45) is 5.43. The van der Waals surface area contributed by atoms with Crippen LogP contribution in [0.25, 0.3) is 10.8 Å². The minimum absolute atomic E-state index is 0.126. The Morgan fingerprint density at radius 2 is 1.78 bits per heavy atom. The average Bonchev–Trinajstić information content (AvgIpc) is 2.83. The second-order valence-electron chi connectivity index (χ2n) is 8.22. The van der Waals surface area contributed by atoms with Crippen molar-refractivity contribution in [2.45, 2.75) is 57.9 Å². The quantitative estimate of drug-likeness (QED) is 0.461. The van der Waals surface area contributed by atoms with Crippen molar-refractivity contribution in [3.05, 3.63) is 75.7 Å². The number of nitrogens with one attached hydrogen (secondary N) is 2. The lowest BCUT2D eigenvalue weighted by Gasteiger charge is -2.24. The molecule has 4 rings (SSSR count). The van der Waals surface area contributed by atoms with Crippen molar-refractivity contribution in [3.8, 4) is 0 Å². The molecule has 0 bridgehead atoms. The highest BCUT2D eigenvalue weighted by atomic mass is 16.2. The van der Waals surface area contributed by atoms with Crippen LogP contribution < -0.4 is 16.4 Å². The van der Waals surface area contributed by atoms with E-state index in [2.05, 4.69) is 22.9 Å². The lowest BCUT2D eigenvalue weighted by molar-refractivity contribution is -0.123. The Morgan fingerprint density at radius 3 is 2.59 bits per heavy atom. The van der Waals surface area contributed by atoms with Crippen molar-refractivity contribution in [1.29, 1.82) is 0 Å². The fourth-order valence-electron chi connectivity index (χ4n) is 4.36. The Morgan fingerprint density at radius 1 is 1.03 bits per heavy atom. The van der Waals surface area contributed by atoms with E-state index in [-0.39, 0.29) is 23.1 Å². The summed E-state index contributed by atoms with van der Waals surface area (Å²) < 4.78 is 1.35. The monoisotopic (exact) mass is 432 g/mol. The molecular weight excluding hydrogens is 404 g/mol. The first-order valence-corrected chi connectivity index (χ1v) is 11.3. The molecule has 2 N–H and O–H groups in total. The van der Waals surface area contributed by atoms with Gasteiger partial charge in [0.25, 0.3) is 11.5 Å². The maximum atomic E-state index is 13.0. The zero-order valence-electron chi connectivity index (χ0n) is 18.3. The van der Waals surface area contributed by atoms with Crippen molar-refractivity contribution >= 4 is 22.6 Å². The molecule has 1 aliphatic rings.